The van der Waals surface area contributed by atoms with Crippen molar-refractivity contribution >= 4 is 16.8 Å². The van der Waals surface area contributed by atoms with Crippen molar-refractivity contribution in [2.45, 2.75) is 13.5 Å². The molecule has 0 aliphatic carbocycles. The molecule has 1 saturated heterocycles. The number of rotatable bonds is 3. The van der Waals surface area contributed by atoms with Crippen LogP contribution in [0, 0.1) is 5.92 Å². The van der Waals surface area contributed by atoms with E-state index < -0.39 is 0 Å². The van der Waals surface area contributed by atoms with Gasteiger partial charge in [-0.2, -0.15) is 0 Å². The van der Waals surface area contributed by atoms with E-state index in [1.54, 1.807) is 7.11 Å². The lowest BCUT2D eigenvalue weighted by molar-refractivity contribution is -0.137. The summed E-state index contributed by atoms with van der Waals surface area (Å²) in [6.45, 7) is 4.38. The van der Waals surface area contributed by atoms with Crippen molar-refractivity contribution in [3.63, 3.8) is 0 Å². The molecule has 0 spiro atoms. The number of carbonyl (C=O) groups excluding carboxylic acids is 1. The van der Waals surface area contributed by atoms with Crippen molar-refractivity contribution in [2.75, 3.05) is 20.2 Å². The fourth-order valence-corrected chi connectivity index (χ4v) is 2.59. The summed E-state index contributed by atoms with van der Waals surface area (Å²) in [5.74, 6) is 1.69. The number of methoxy groups -OCH3 is 1. The zero-order valence-electron chi connectivity index (χ0n) is 11.3. The average Bonchev–Trinajstić information content (AvgIpc) is 2.77. The molecule has 1 aliphatic rings. The van der Waals surface area contributed by atoms with Gasteiger partial charge in [0.2, 0.25) is 5.91 Å². The van der Waals surface area contributed by atoms with Crippen molar-refractivity contribution in [2.24, 2.45) is 5.92 Å². The quantitative estimate of drug-likeness (QED) is 0.845. The molecule has 2 aromatic rings. The predicted molar refractivity (Wildman–Crippen MR) is 74.2 cm³/mol. The topological polar surface area (TPSA) is 34.5 Å². The fourth-order valence-electron chi connectivity index (χ4n) is 2.59. The Balaban J connectivity index is 1.79. The van der Waals surface area contributed by atoms with Gasteiger partial charge in [0, 0.05) is 30.2 Å². The van der Waals surface area contributed by atoms with Crippen LogP contribution in [-0.2, 0) is 11.3 Å². The first kappa shape index (κ1) is 12.1. The van der Waals surface area contributed by atoms with Crippen LogP contribution < -0.4 is 4.74 Å². The first-order valence-corrected chi connectivity index (χ1v) is 6.58. The Labute approximate surface area is 112 Å². The van der Waals surface area contributed by atoms with Crippen LogP contribution >= 0.6 is 0 Å². The Hall–Kier alpha value is -1.97. The summed E-state index contributed by atoms with van der Waals surface area (Å²) in [5, 5.41) is 1.10. The third kappa shape index (κ3) is 2.18. The Morgan fingerprint density at radius 1 is 1.37 bits per heavy atom. The van der Waals surface area contributed by atoms with Gasteiger partial charge in [-0.1, -0.05) is 6.92 Å². The zero-order chi connectivity index (χ0) is 13.4. The molecular formula is C15H18N2O2. The van der Waals surface area contributed by atoms with Gasteiger partial charge in [0.05, 0.1) is 7.11 Å². The van der Waals surface area contributed by atoms with Crippen LogP contribution in [-0.4, -0.2) is 35.6 Å². The smallest absolute Gasteiger partial charge is 0.242 e. The zero-order valence-corrected chi connectivity index (χ0v) is 11.3. The van der Waals surface area contributed by atoms with Crippen molar-refractivity contribution < 1.29 is 9.53 Å². The summed E-state index contributed by atoms with van der Waals surface area (Å²) >= 11 is 0. The predicted octanol–water partition coefficient (Wildman–Crippen LogP) is 2.13. The molecule has 0 saturated carbocycles. The molecule has 19 heavy (non-hydrogen) atoms. The minimum absolute atomic E-state index is 0.200. The molecule has 4 nitrogen and oxygen atoms in total. The minimum atomic E-state index is 0.200. The molecule has 100 valence electrons. The molecule has 0 N–H and O–H groups in total. The van der Waals surface area contributed by atoms with Crippen molar-refractivity contribution in [1.29, 1.82) is 0 Å². The lowest BCUT2D eigenvalue weighted by Crippen LogP contribution is -2.49. The summed E-state index contributed by atoms with van der Waals surface area (Å²) in [5.41, 5.74) is 1.07. The fraction of sp³-hybridized carbons (Fsp3) is 0.400. The number of fused-ring (bicyclic) bond motifs is 1. The Morgan fingerprint density at radius 2 is 2.16 bits per heavy atom. The molecule has 0 unspecified atom stereocenters. The number of aromatic nitrogens is 1. The van der Waals surface area contributed by atoms with Crippen LogP contribution in [0.3, 0.4) is 0 Å². The molecule has 1 fully saturated rings. The molecular weight excluding hydrogens is 240 g/mol. The van der Waals surface area contributed by atoms with E-state index in [9.17, 15) is 4.79 Å². The SMILES string of the molecule is COc1ccc2c(ccn2CC(=O)N2CC(C)C2)c1. The Kier molecular flexibility index (Phi) is 2.93. The summed E-state index contributed by atoms with van der Waals surface area (Å²) in [4.78, 5) is 14.0. The first-order valence-electron chi connectivity index (χ1n) is 6.58. The van der Waals surface area contributed by atoms with E-state index in [-0.39, 0.29) is 5.91 Å². The lowest BCUT2D eigenvalue weighted by Gasteiger charge is -2.37. The number of ether oxygens (including phenoxy) is 1. The summed E-state index contributed by atoms with van der Waals surface area (Å²) in [6.07, 6.45) is 1.96. The summed E-state index contributed by atoms with van der Waals surface area (Å²) < 4.78 is 7.20. The molecule has 0 radical (unpaired) electrons. The molecule has 1 aliphatic heterocycles. The van der Waals surface area contributed by atoms with E-state index in [4.69, 9.17) is 4.74 Å². The monoisotopic (exact) mass is 258 g/mol. The van der Waals surface area contributed by atoms with Gasteiger partial charge < -0.3 is 14.2 Å². The minimum Gasteiger partial charge on any atom is -0.497 e. The number of hydrogen-bond donors (Lipinski definition) is 0. The highest BCUT2D eigenvalue weighted by Gasteiger charge is 2.26. The highest BCUT2D eigenvalue weighted by atomic mass is 16.5. The second-order valence-electron chi connectivity index (χ2n) is 5.27. The highest BCUT2D eigenvalue weighted by molar-refractivity contribution is 5.84. The van der Waals surface area contributed by atoms with Gasteiger partial charge in [-0.05, 0) is 30.2 Å². The summed E-state index contributed by atoms with van der Waals surface area (Å²) in [7, 11) is 1.66. The van der Waals surface area contributed by atoms with Crippen LogP contribution in [0.2, 0.25) is 0 Å². The largest absolute Gasteiger partial charge is 0.497 e. The molecule has 0 atom stereocenters. The molecule has 1 aromatic carbocycles. The van der Waals surface area contributed by atoms with Gasteiger partial charge in [-0.15, -0.1) is 0 Å². The molecule has 2 heterocycles. The van der Waals surface area contributed by atoms with E-state index in [1.165, 1.54) is 0 Å². The van der Waals surface area contributed by atoms with Crippen LogP contribution in [0.1, 0.15) is 6.92 Å². The van der Waals surface area contributed by atoms with Gasteiger partial charge in [-0.25, -0.2) is 0 Å². The normalized spacial score (nSPS) is 15.6. The van der Waals surface area contributed by atoms with E-state index in [2.05, 4.69) is 6.92 Å². The number of benzene rings is 1. The van der Waals surface area contributed by atoms with Gasteiger partial charge >= 0.3 is 0 Å². The maximum Gasteiger partial charge on any atom is 0.242 e. The molecule has 4 heteroatoms. The van der Waals surface area contributed by atoms with Crippen molar-refractivity contribution in [3.05, 3.63) is 30.5 Å². The molecule has 1 aromatic heterocycles. The summed E-state index contributed by atoms with van der Waals surface area (Å²) in [6, 6.07) is 7.93. The molecule has 0 bridgehead atoms. The van der Waals surface area contributed by atoms with Crippen molar-refractivity contribution in [3.8, 4) is 5.75 Å². The van der Waals surface area contributed by atoms with Crippen LogP contribution in [0.25, 0.3) is 10.9 Å². The average molecular weight is 258 g/mol. The van der Waals surface area contributed by atoms with E-state index >= 15 is 0 Å². The van der Waals surface area contributed by atoms with Gasteiger partial charge in [0.15, 0.2) is 0 Å². The third-order valence-corrected chi connectivity index (χ3v) is 3.70. The molecule has 1 amide bonds. The van der Waals surface area contributed by atoms with Gasteiger partial charge in [-0.3, -0.25) is 4.79 Å². The number of nitrogens with zero attached hydrogens (tertiary/aromatic N) is 2. The first-order chi connectivity index (χ1) is 9.17. The van der Waals surface area contributed by atoms with Crippen molar-refractivity contribution in [1.82, 2.24) is 9.47 Å². The number of hydrogen-bond acceptors (Lipinski definition) is 2. The Bertz CT molecular complexity index is 612. The number of amides is 1. The van der Waals surface area contributed by atoms with Crippen LogP contribution in [0.4, 0.5) is 0 Å². The number of carbonyl (C=O) groups is 1. The van der Waals surface area contributed by atoms with E-state index in [0.29, 0.717) is 12.5 Å². The number of likely N-dealkylation sites (tertiary alicyclic amines) is 1. The second-order valence-corrected chi connectivity index (χ2v) is 5.27. The highest BCUT2D eigenvalue weighted by Crippen LogP contribution is 2.22. The van der Waals surface area contributed by atoms with Gasteiger partial charge in [0.1, 0.15) is 12.3 Å². The second kappa shape index (κ2) is 4.61. The maximum atomic E-state index is 12.1. The van der Waals surface area contributed by atoms with Crippen LogP contribution in [0.5, 0.6) is 5.75 Å². The maximum absolute atomic E-state index is 12.1. The molecule has 3 rings (SSSR count). The van der Waals surface area contributed by atoms with E-state index in [0.717, 1.165) is 29.7 Å². The van der Waals surface area contributed by atoms with E-state index in [1.807, 2.05) is 39.9 Å². The standard InChI is InChI=1S/C15H18N2O2/c1-11-8-17(9-11)15(18)10-16-6-5-12-7-13(19-2)3-4-14(12)16/h3-7,11H,8-10H2,1-2H3. The lowest BCUT2D eigenvalue weighted by atomic mass is 10.0. The third-order valence-electron chi connectivity index (χ3n) is 3.70. The van der Waals surface area contributed by atoms with Crippen LogP contribution in [0.15, 0.2) is 30.5 Å². The Morgan fingerprint density at radius 3 is 2.84 bits per heavy atom. The van der Waals surface area contributed by atoms with Gasteiger partial charge in [0.25, 0.3) is 0 Å².